The van der Waals surface area contributed by atoms with Crippen molar-refractivity contribution in [2.75, 3.05) is 6.54 Å². The zero-order valence-electron chi connectivity index (χ0n) is 7.46. The first-order chi connectivity index (χ1) is 5.48. The van der Waals surface area contributed by atoms with Crippen LogP contribution in [0.15, 0.2) is 0 Å². The van der Waals surface area contributed by atoms with Crippen LogP contribution < -0.4 is 5.32 Å². The van der Waals surface area contributed by atoms with Crippen molar-refractivity contribution in [3.05, 3.63) is 0 Å². The van der Waals surface area contributed by atoms with E-state index in [-0.39, 0.29) is 6.54 Å². The summed E-state index contributed by atoms with van der Waals surface area (Å²) in [6, 6.07) is 0. The summed E-state index contributed by atoms with van der Waals surface area (Å²) in [7, 11) is 0. The van der Waals surface area contributed by atoms with Crippen molar-refractivity contribution < 1.29 is 18.0 Å². The van der Waals surface area contributed by atoms with E-state index in [0.29, 0.717) is 6.42 Å². The molecule has 0 spiro atoms. The Bertz CT molecular complexity index is 122. The van der Waals surface area contributed by atoms with Gasteiger partial charge in [-0.2, -0.15) is 13.2 Å². The molecule has 0 radical (unpaired) electrons. The lowest BCUT2D eigenvalue weighted by atomic mass is 10.4. The molecule has 0 saturated heterocycles. The number of rotatable bonds is 2. The van der Waals surface area contributed by atoms with E-state index in [1.165, 1.54) is 0 Å². The predicted octanol–water partition coefficient (Wildman–Crippen LogP) is 2.10. The summed E-state index contributed by atoms with van der Waals surface area (Å²) in [5, 5.41) is 1.71. The van der Waals surface area contributed by atoms with Crippen LogP contribution in [0.1, 0.15) is 27.2 Å². The zero-order valence-corrected chi connectivity index (χ0v) is 7.46. The van der Waals surface area contributed by atoms with E-state index < -0.39 is 12.1 Å². The molecule has 0 saturated carbocycles. The monoisotopic (exact) mass is 185 g/mol. The van der Waals surface area contributed by atoms with E-state index in [1.54, 1.807) is 12.2 Å². The van der Waals surface area contributed by atoms with Crippen molar-refractivity contribution >= 4 is 5.91 Å². The third-order valence-corrected chi connectivity index (χ3v) is 0.793. The lowest BCUT2D eigenvalue weighted by molar-refractivity contribution is -0.173. The Morgan fingerprint density at radius 3 is 2.00 bits per heavy atom. The van der Waals surface area contributed by atoms with Crippen molar-refractivity contribution in [1.29, 1.82) is 0 Å². The van der Waals surface area contributed by atoms with Gasteiger partial charge in [-0.3, -0.25) is 4.79 Å². The molecule has 2 nitrogen and oxygen atoms in total. The molecule has 0 aromatic heterocycles. The fraction of sp³-hybridized carbons (Fsp3) is 0.857. The molecule has 1 N–H and O–H groups in total. The molecular formula is C7H14F3NO. The van der Waals surface area contributed by atoms with Crippen LogP contribution in [0, 0.1) is 0 Å². The number of hydrogen-bond donors (Lipinski definition) is 1. The van der Waals surface area contributed by atoms with Crippen LogP contribution >= 0.6 is 0 Å². The van der Waals surface area contributed by atoms with Crippen LogP contribution in [0.4, 0.5) is 13.2 Å². The van der Waals surface area contributed by atoms with Gasteiger partial charge in [0.2, 0.25) is 0 Å². The number of halogens is 3. The maximum Gasteiger partial charge on any atom is 0.471 e. The summed E-state index contributed by atoms with van der Waals surface area (Å²) in [4.78, 5) is 9.99. The number of alkyl halides is 3. The first-order valence-electron chi connectivity index (χ1n) is 3.83. The smallest absolute Gasteiger partial charge is 0.348 e. The van der Waals surface area contributed by atoms with Gasteiger partial charge in [0.05, 0.1) is 0 Å². The van der Waals surface area contributed by atoms with Crippen molar-refractivity contribution in [2.24, 2.45) is 0 Å². The molecule has 0 bridgehead atoms. The summed E-state index contributed by atoms with van der Waals surface area (Å²) >= 11 is 0. The SMILES string of the molecule is CC.CCCNC(=O)C(F)(F)F. The number of nitrogens with one attached hydrogen (secondary N) is 1. The minimum atomic E-state index is -4.74. The normalized spacial score (nSPS) is 9.83. The van der Waals surface area contributed by atoms with Gasteiger partial charge in [-0.25, -0.2) is 0 Å². The molecule has 0 rings (SSSR count). The summed E-state index contributed by atoms with van der Waals surface area (Å²) < 4.78 is 34.1. The molecule has 0 heterocycles. The van der Waals surface area contributed by atoms with Gasteiger partial charge < -0.3 is 5.32 Å². The summed E-state index contributed by atoms with van der Waals surface area (Å²) in [6.45, 7) is 5.75. The van der Waals surface area contributed by atoms with Crippen molar-refractivity contribution in [1.82, 2.24) is 5.32 Å². The van der Waals surface area contributed by atoms with Crippen LogP contribution in [0.25, 0.3) is 0 Å². The maximum absolute atomic E-state index is 11.4. The van der Waals surface area contributed by atoms with E-state index in [0.717, 1.165) is 0 Å². The third kappa shape index (κ3) is 7.37. The van der Waals surface area contributed by atoms with Gasteiger partial charge in [0, 0.05) is 6.54 Å². The van der Waals surface area contributed by atoms with E-state index in [9.17, 15) is 18.0 Å². The minimum absolute atomic E-state index is 0.0678. The fourth-order valence-corrected chi connectivity index (χ4v) is 0.339. The Labute approximate surface area is 70.1 Å². The van der Waals surface area contributed by atoms with Crippen molar-refractivity contribution in [3.8, 4) is 0 Å². The molecule has 5 heteroatoms. The van der Waals surface area contributed by atoms with Gasteiger partial charge in [-0.1, -0.05) is 20.8 Å². The second kappa shape index (κ2) is 6.94. The second-order valence-electron chi connectivity index (χ2n) is 1.75. The molecule has 0 aromatic rings. The maximum atomic E-state index is 11.4. The number of amides is 1. The number of hydrogen-bond acceptors (Lipinski definition) is 1. The predicted molar refractivity (Wildman–Crippen MR) is 40.7 cm³/mol. The van der Waals surface area contributed by atoms with Crippen molar-refractivity contribution in [3.63, 3.8) is 0 Å². The first kappa shape index (κ1) is 13.8. The van der Waals surface area contributed by atoms with Crippen LogP contribution in [0.5, 0.6) is 0 Å². The zero-order chi connectivity index (χ0) is 10.2. The van der Waals surface area contributed by atoms with Gasteiger partial charge in [0.25, 0.3) is 0 Å². The van der Waals surface area contributed by atoms with Gasteiger partial charge in [0.15, 0.2) is 0 Å². The van der Waals surface area contributed by atoms with Crippen LogP contribution in [-0.2, 0) is 4.79 Å². The lowest BCUT2D eigenvalue weighted by Crippen LogP contribution is -2.36. The van der Waals surface area contributed by atoms with Gasteiger partial charge >= 0.3 is 12.1 Å². The van der Waals surface area contributed by atoms with Crippen LogP contribution in [-0.4, -0.2) is 18.6 Å². The highest BCUT2D eigenvalue weighted by Gasteiger charge is 2.37. The minimum Gasteiger partial charge on any atom is -0.348 e. The molecule has 0 aliphatic heterocycles. The van der Waals surface area contributed by atoms with Crippen molar-refractivity contribution in [2.45, 2.75) is 33.4 Å². The molecule has 0 aliphatic rings. The van der Waals surface area contributed by atoms with Crippen LogP contribution in [0.3, 0.4) is 0 Å². The van der Waals surface area contributed by atoms with Crippen LogP contribution in [0.2, 0.25) is 0 Å². The first-order valence-corrected chi connectivity index (χ1v) is 3.83. The Hall–Kier alpha value is -0.740. The molecule has 0 aliphatic carbocycles. The van der Waals surface area contributed by atoms with E-state index in [1.807, 2.05) is 13.8 Å². The van der Waals surface area contributed by atoms with Gasteiger partial charge in [-0.05, 0) is 6.42 Å². The highest BCUT2D eigenvalue weighted by molar-refractivity contribution is 5.81. The Morgan fingerprint density at radius 1 is 1.33 bits per heavy atom. The molecule has 12 heavy (non-hydrogen) atoms. The second-order valence-corrected chi connectivity index (χ2v) is 1.75. The Morgan fingerprint density at radius 2 is 1.75 bits per heavy atom. The fourth-order valence-electron chi connectivity index (χ4n) is 0.339. The van der Waals surface area contributed by atoms with E-state index in [4.69, 9.17) is 0 Å². The average Bonchev–Trinajstić information content (AvgIpc) is 2.02. The van der Waals surface area contributed by atoms with Gasteiger partial charge in [0.1, 0.15) is 0 Å². The highest BCUT2D eigenvalue weighted by atomic mass is 19.4. The molecule has 74 valence electrons. The Kier molecular flexibility index (Phi) is 7.99. The lowest BCUT2D eigenvalue weighted by Gasteiger charge is -2.05. The molecule has 0 atom stereocenters. The molecule has 0 unspecified atom stereocenters. The molecule has 0 aromatic carbocycles. The summed E-state index contributed by atoms with van der Waals surface area (Å²) in [5.74, 6) is -1.87. The highest BCUT2D eigenvalue weighted by Crippen LogP contribution is 2.13. The molecular weight excluding hydrogens is 171 g/mol. The average molecular weight is 185 g/mol. The topological polar surface area (TPSA) is 29.1 Å². The summed E-state index contributed by atoms with van der Waals surface area (Å²) in [5.41, 5.74) is 0. The van der Waals surface area contributed by atoms with E-state index >= 15 is 0 Å². The molecule has 1 amide bonds. The Balaban J connectivity index is 0. The summed E-state index contributed by atoms with van der Waals surface area (Å²) in [6.07, 6.45) is -4.24. The third-order valence-electron chi connectivity index (χ3n) is 0.793. The largest absolute Gasteiger partial charge is 0.471 e. The number of carbonyl (C=O) groups excluding carboxylic acids is 1. The number of carbonyl (C=O) groups is 1. The molecule has 0 fully saturated rings. The standard InChI is InChI=1S/C5H8F3NO.C2H6/c1-2-3-9-4(10)5(6,7)8;1-2/h2-3H2,1H3,(H,9,10);1-2H3. The quantitative estimate of drug-likeness (QED) is 0.701. The van der Waals surface area contributed by atoms with Gasteiger partial charge in [-0.15, -0.1) is 0 Å². The van der Waals surface area contributed by atoms with E-state index in [2.05, 4.69) is 0 Å².